The first kappa shape index (κ1) is 31.7. The van der Waals surface area contributed by atoms with Crippen molar-refractivity contribution >= 4 is 32.3 Å². The van der Waals surface area contributed by atoms with Crippen molar-refractivity contribution in [3.8, 4) is 55.6 Å². The Balaban J connectivity index is 1.39. The monoisotopic (exact) mass is 664 g/mol. The molecule has 0 saturated carbocycles. The van der Waals surface area contributed by atoms with Crippen molar-refractivity contribution in [2.24, 2.45) is 0 Å². The van der Waals surface area contributed by atoms with Crippen LogP contribution >= 0.6 is 0 Å². The van der Waals surface area contributed by atoms with Gasteiger partial charge in [0.1, 0.15) is 0 Å². The van der Waals surface area contributed by atoms with Gasteiger partial charge in [-0.2, -0.15) is 0 Å². The fraction of sp³-hybridized carbons (Fsp3) is 0.0769. The van der Waals surface area contributed by atoms with Crippen LogP contribution in [0.15, 0.2) is 170 Å². The summed E-state index contributed by atoms with van der Waals surface area (Å²) in [5, 5.41) is 7.65. The SMILES string of the molecule is Cc1cc2c(-c3ccccc3-c3ccc(-c4ccccc4)cc3)c3cc(C)c(C)cc3c(-c3cc4ccccc4cc3-c3ccccc3)c2cc1C. The predicted molar refractivity (Wildman–Crippen MR) is 225 cm³/mol. The second-order valence-corrected chi connectivity index (χ2v) is 14.3. The van der Waals surface area contributed by atoms with Crippen LogP contribution in [0.4, 0.5) is 0 Å². The number of benzene rings is 9. The van der Waals surface area contributed by atoms with E-state index in [0.717, 1.165) is 0 Å². The summed E-state index contributed by atoms with van der Waals surface area (Å²) in [6, 6.07) is 63.0. The Hall–Kier alpha value is -6.24. The number of hydrogen-bond donors (Lipinski definition) is 0. The van der Waals surface area contributed by atoms with Crippen LogP contribution < -0.4 is 0 Å². The second-order valence-electron chi connectivity index (χ2n) is 14.3. The Kier molecular flexibility index (Phi) is 7.82. The molecule has 0 heteroatoms. The van der Waals surface area contributed by atoms with Gasteiger partial charge in [0, 0.05) is 0 Å². The lowest BCUT2D eigenvalue weighted by atomic mass is 9.80. The number of fused-ring (bicyclic) bond motifs is 3. The first-order valence-electron chi connectivity index (χ1n) is 18.3. The molecule has 0 fully saturated rings. The molecule has 0 aromatic heterocycles. The summed E-state index contributed by atoms with van der Waals surface area (Å²) >= 11 is 0. The molecule has 0 nitrogen and oxygen atoms in total. The Bertz CT molecular complexity index is 2720. The van der Waals surface area contributed by atoms with Crippen molar-refractivity contribution in [3.05, 3.63) is 192 Å². The maximum absolute atomic E-state index is 2.44. The average Bonchev–Trinajstić information content (AvgIpc) is 3.19. The summed E-state index contributed by atoms with van der Waals surface area (Å²) in [6.45, 7) is 9.01. The third kappa shape index (κ3) is 5.40. The van der Waals surface area contributed by atoms with Crippen LogP contribution in [0.5, 0.6) is 0 Å². The Morgan fingerprint density at radius 3 is 1.12 bits per heavy atom. The Labute approximate surface area is 306 Å². The van der Waals surface area contributed by atoms with Gasteiger partial charge in [-0.05, 0) is 150 Å². The average molecular weight is 665 g/mol. The van der Waals surface area contributed by atoms with Crippen molar-refractivity contribution in [1.82, 2.24) is 0 Å². The minimum Gasteiger partial charge on any atom is -0.0622 e. The Morgan fingerprint density at radius 2 is 0.596 bits per heavy atom. The second kappa shape index (κ2) is 12.8. The topological polar surface area (TPSA) is 0 Å². The van der Waals surface area contributed by atoms with Gasteiger partial charge in [-0.1, -0.05) is 158 Å². The van der Waals surface area contributed by atoms with Gasteiger partial charge < -0.3 is 0 Å². The van der Waals surface area contributed by atoms with Crippen LogP contribution in [-0.4, -0.2) is 0 Å². The number of aryl methyl sites for hydroxylation is 4. The van der Waals surface area contributed by atoms with Crippen LogP contribution in [0.2, 0.25) is 0 Å². The van der Waals surface area contributed by atoms with E-state index in [0.29, 0.717) is 0 Å². The quantitative estimate of drug-likeness (QED) is 0.161. The molecule has 248 valence electrons. The zero-order valence-corrected chi connectivity index (χ0v) is 30.2. The summed E-state index contributed by atoms with van der Waals surface area (Å²) in [5.41, 5.74) is 17.7. The van der Waals surface area contributed by atoms with Crippen molar-refractivity contribution in [2.45, 2.75) is 27.7 Å². The van der Waals surface area contributed by atoms with E-state index < -0.39 is 0 Å². The molecular formula is C52H40. The maximum Gasteiger partial charge on any atom is -0.00197 e. The van der Waals surface area contributed by atoms with E-state index in [-0.39, 0.29) is 0 Å². The van der Waals surface area contributed by atoms with Crippen LogP contribution in [0.25, 0.3) is 88.0 Å². The van der Waals surface area contributed by atoms with Gasteiger partial charge in [0.25, 0.3) is 0 Å². The molecule has 0 bridgehead atoms. The standard InChI is InChI=1S/C52H40/c1-33-27-46-48(29-35(33)3)52(50-32-42-20-12-11-19-41(42)31-45(50)39-17-9-6-10-18-39)49-30-36(4)34(2)28-47(49)51(46)44-22-14-13-21-43(44)40-25-23-38(24-26-40)37-15-7-5-8-16-37/h5-32H,1-4H3. The van der Waals surface area contributed by atoms with Gasteiger partial charge in [0.05, 0.1) is 0 Å². The largest absolute Gasteiger partial charge is 0.0622 e. The normalized spacial score (nSPS) is 11.5. The van der Waals surface area contributed by atoms with E-state index in [1.807, 2.05) is 0 Å². The van der Waals surface area contributed by atoms with E-state index in [1.165, 1.54) is 110 Å². The van der Waals surface area contributed by atoms with Gasteiger partial charge in [-0.25, -0.2) is 0 Å². The highest BCUT2D eigenvalue weighted by molar-refractivity contribution is 6.24. The lowest BCUT2D eigenvalue weighted by Gasteiger charge is -2.23. The van der Waals surface area contributed by atoms with Gasteiger partial charge in [-0.15, -0.1) is 0 Å². The minimum atomic E-state index is 1.22. The summed E-state index contributed by atoms with van der Waals surface area (Å²) in [5.74, 6) is 0. The first-order valence-corrected chi connectivity index (χ1v) is 18.3. The highest BCUT2D eigenvalue weighted by Gasteiger charge is 2.23. The van der Waals surface area contributed by atoms with Crippen LogP contribution in [0.1, 0.15) is 22.3 Å². The van der Waals surface area contributed by atoms with E-state index in [2.05, 4.69) is 198 Å². The molecule has 9 aromatic rings. The fourth-order valence-corrected chi connectivity index (χ4v) is 8.06. The van der Waals surface area contributed by atoms with Crippen molar-refractivity contribution in [3.63, 3.8) is 0 Å². The molecular weight excluding hydrogens is 625 g/mol. The molecule has 0 aliphatic heterocycles. The molecule has 0 radical (unpaired) electrons. The Morgan fingerprint density at radius 1 is 0.250 bits per heavy atom. The van der Waals surface area contributed by atoms with Crippen LogP contribution in [0, 0.1) is 27.7 Å². The number of rotatable bonds is 5. The van der Waals surface area contributed by atoms with Crippen molar-refractivity contribution in [1.29, 1.82) is 0 Å². The van der Waals surface area contributed by atoms with Crippen molar-refractivity contribution in [2.75, 3.05) is 0 Å². The first-order chi connectivity index (χ1) is 25.4. The molecule has 52 heavy (non-hydrogen) atoms. The van der Waals surface area contributed by atoms with Gasteiger partial charge in [0.15, 0.2) is 0 Å². The van der Waals surface area contributed by atoms with Gasteiger partial charge in [-0.3, -0.25) is 0 Å². The molecule has 0 aliphatic carbocycles. The highest BCUT2D eigenvalue weighted by Crippen LogP contribution is 2.49. The van der Waals surface area contributed by atoms with E-state index in [9.17, 15) is 0 Å². The van der Waals surface area contributed by atoms with Crippen LogP contribution in [-0.2, 0) is 0 Å². The third-order valence-electron chi connectivity index (χ3n) is 11.1. The molecule has 0 unspecified atom stereocenters. The minimum absolute atomic E-state index is 1.22. The molecule has 9 aromatic carbocycles. The summed E-state index contributed by atoms with van der Waals surface area (Å²) in [7, 11) is 0. The van der Waals surface area contributed by atoms with Gasteiger partial charge in [0.2, 0.25) is 0 Å². The summed E-state index contributed by atoms with van der Waals surface area (Å²) in [4.78, 5) is 0. The molecule has 0 heterocycles. The van der Waals surface area contributed by atoms with E-state index >= 15 is 0 Å². The number of hydrogen-bond acceptors (Lipinski definition) is 0. The highest BCUT2D eigenvalue weighted by atomic mass is 14.3. The molecule has 0 amide bonds. The molecule has 0 atom stereocenters. The van der Waals surface area contributed by atoms with E-state index in [1.54, 1.807) is 0 Å². The third-order valence-corrected chi connectivity index (χ3v) is 11.1. The molecule has 0 saturated heterocycles. The van der Waals surface area contributed by atoms with Gasteiger partial charge >= 0.3 is 0 Å². The fourth-order valence-electron chi connectivity index (χ4n) is 8.06. The molecule has 9 rings (SSSR count). The van der Waals surface area contributed by atoms with E-state index in [4.69, 9.17) is 0 Å². The summed E-state index contributed by atoms with van der Waals surface area (Å²) in [6.07, 6.45) is 0. The van der Waals surface area contributed by atoms with Crippen LogP contribution in [0.3, 0.4) is 0 Å². The zero-order chi connectivity index (χ0) is 35.3. The summed E-state index contributed by atoms with van der Waals surface area (Å²) < 4.78 is 0. The maximum atomic E-state index is 2.44. The molecule has 0 spiro atoms. The molecule has 0 N–H and O–H groups in total. The lowest BCUT2D eigenvalue weighted by Crippen LogP contribution is -1.97. The smallest absolute Gasteiger partial charge is 0.00197 e. The zero-order valence-electron chi connectivity index (χ0n) is 30.2. The predicted octanol–water partition coefficient (Wildman–Crippen LogP) is 14.7. The lowest BCUT2D eigenvalue weighted by molar-refractivity contribution is 1.36. The van der Waals surface area contributed by atoms with Crippen molar-refractivity contribution < 1.29 is 0 Å². The molecule has 0 aliphatic rings.